The van der Waals surface area contributed by atoms with Crippen molar-refractivity contribution in [2.45, 2.75) is 20.8 Å². The molecule has 0 atom stereocenters. The van der Waals surface area contributed by atoms with Crippen LogP contribution in [0.5, 0.6) is 0 Å². The molecule has 0 spiro atoms. The van der Waals surface area contributed by atoms with Crippen LogP contribution in [-0.2, 0) is 14.4 Å². The second kappa shape index (κ2) is 7.96. The molecule has 126 valence electrons. The largest absolute Gasteiger partial charge is 0.548 e. The van der Waals surface area contributed by atoms with Gasteiger partial charge in [-0.25, -0.2) is 0 Å². The fourth-order valence-electron chi connectivity index (χ4n) is 2.25. The van der Waals surface area contributed by atoms with Crippen LogP contribution in [0, 0.1) is 20.8 Å². The maximum atomic E-state index is 12.0. The third-order valence-corrected chi connectivity index (χ3v) is 4.51. The molecule has 1 aromatic carbocycles. The summed E-state index contributed by atoms with van der Waals surface area (Å²) in [5, 5.41) is 24.2. The minimum absolute atomic E-state index is 0.238. The van der Waals surface area contributed by atoms with E-state index in [0.717, 1.165) is 26.9 Å². The Labute approximate surface area is 142 Å². The number of carboxylic acids is 2. The van der Waals surface area contributed by atoms with E-state index in [1.807, 2.05) is 26.8 Å². The lowest BCUT2D eigenvalue weighted by Crippen LogP contribution is -2.48. The van der Waals surface area contributed by atoms with Crippen LogP contribution in [0.4, 0.5) is 5.69 Å². The molecule has 0 fully saturated rings. The molecular weight excluding hydrogens is 368 g/mol. The molecule has 0 aromatic heterocycles. The number of hydrogen-bond acceptors (Lipinski definition) is 6. The van der Waals surface area contributed by atoms with Crippen molar-refractivity contribution in [1.29, 1.82) is 0 Å². The Kier molecular flexibility index (Phi) is 6.56. The van der Waals surface area contributed by atoms with Crippen molar-refractivity contribution >= 4 is 39.5 Å². The van der Waals surface area contributed by atoms with Gasteiger partial charge in [-0.15, -0.1) is 0 Å². The van der Waals surface area contributed by atoms with E-state index in [4.69, 9.17) is 0 Å². The third kappa shape index (κ3) is 5.24. The summed E-state index contributed by atoms with van der Waals surface area (Å²) < 4.78 is 0.902. The number of amides is 1. The zero-order valence-electron chi connectivity index (χ0n) is 13.1. The third-order valence-electron chi connectivity index (χ3n) is 3.29. The lowest BCUT2D eigenvalue weighted by Gasteiger charge is -2.24. The standard InChI is InChI=1S/C15H19BrN2O5/c1-8-4-9(2)15(10(3)14(8)16)17-5-11(19)18(6-12(20)21)7-13(22)23/h4,17H,5-7H2,1-3H3,(H,20,21)(H,22,23)/p-2. The number of benzene rings is 1. The van der Waals surface area contributed by atoms with Gasteiger partial charge in [0.15, 0.2) is 0 Å². The van der Waals surface area contributed by atoms with Crippen LogP contribution in [-0.4, -0.2) is 42.4 Å². The van der Waals surface area contributed by atoms with Gasteiger partial charge in [-0.1, -0.05) is 22.0 Å². The Hall–Kier alpha value is -2.09. The summed E-state index contributed by atoms with van der Waals surface area (Å²) in [5.41, 5.74) is 3.61. The first-order valence-corrected chi connectivity index (χ1v) is 7.60. The second-order valence-electron chi connectivity index (χ2n) is 5.17. The van der Waals surface area contributed by atoms with E-state index in [2.05, 4.69) is 21.2 Å². The van der Waals surface area contributed by atoms with Gasteiger partial charge in [0.2, 0.25) is 5.91 Å². The number of anilines is 1. The van der Waals surface area contributed by atoms with Crippen molar-refractivity contribution in [3.63, 3.8) is 0 Å². The summed E-state index contributed by atoms with van der Waals surface area (Å²) in [6.45, 7) is 3.85. The number of carboxylic acid groups (broad SMARTS) is 2. The van der Waals surface area contributed by atoms with Crippen molar-refractivity contribution < 1.29 is 24.6 Å². The monoisotopic (exact) mass is 384 g/mol. The molecule has 0 saturated heterocycles. The second-order valence-corrected chi connectivity index (χ2v) is 5.96. The SMILES string of the molecule is Cc1cc(C)c(NCC(=O)N(CC(=O)[O-])CC(=O)[O-])c(C)c1Br. The average molecular weight is 385 g/mol. The van der Waals surface area contributed by atoms with E-state index in [1.165, 1.54) is 0 Å². The Bertz CT molecular complexity index is 629. The number of halogens is 1. The minimum atomic E-state index is -1.54. The molecule has 1 N–H and O–H groups in total. The van der Waals surface area contributed by atoms with Gasteiger partial charge in [0, 0.05) is 10.2 Å². The Morgan fingerprint density at radius 2 is 1.61 bits per heavy atom. The van der Waals surface area contributed by atoms with Gasteiger partial charge < -0.3 is 30.0 Å². The molecule has 0 radical (unpaired) electrons. The highest BCUT2D eigenvalue weighted by molar-refractivity contribution is 9.10. The fraction of sp³-hybridized carbons (Fsp3) is 0.400. The van der Waals surface area contributed by atoms with Gasteiger partial charge in [-0.3, -0.25) is 4.79 Å². The molecule has 0 aliphatic heterocycles. The highest BCUT2D eigenvalue weighted by atomic mass is 79.9. The van der Waals surface area contributed by atoms with E-state index in [1.54, 1.807) is 0 Å². The first-order valence-electron chi connectivity index (χ1n) is 6.81. The molecule has 1 aromatic rings. The first kappa shape index (κ1) is 19.0. The molecule has 23 heavy (non-hydrogen) atoms. The summed E-state index contributed by atoms with van der Waals surface area (Å²) in [4.78, 5) is 33.9. The summed E-state index contributed by atoms with van der Waals surface area (Å²) >= 11 is 3.46. The van der Waals surface area contributed by atoms with Crippen LogP contribution >= 0.6 is 15.9 Å². The number of nitrogens with zero attached hydrogens (tertiary/aromatic N) is 1. The molecule has 0 aliphatic carbocycles. The molecule has 0 aliphatic rings. The predicted molar refractivity (Wildman–Crippen MR) is 83.4 cm³/mol. The number of aryl methyl sites for hydroxylation is 2. The van der Waals surface area contributed by atoms with E-state index in [-0.39, 0.29) is 6.54 Å². The van der Waals surface area contributed by atoms with Crippen LogP contribution in [0.1, 0.15) is 16.7 Å². The summed E-state index contributed by atoms with van der Waals surface area (Å²) in [5.74, 6) is -3.75. The number of carbonyl (C=O) groups excluding carboxylic acids is 3. The number of aliphatic carboxylic acids is 2. The van der Waals surface area contributed by atoms with Crippen LogP contribution in [0.2, 0.25) is 0 Å². The van der Waals surface area contributed by atoms with Gasteiger partial charge in [0.05, 0.1) is 31.6 Å². The summed E-state index contributed by atoms with van der Waals surface area (Å²) in [6.07, 6.45) is 0. The van der Waals surface area contributed by atoms with E-state index in [9.17, 15) is 24.6 Å². The number of carbonyl (C=O) groups is 3. The quantitative estimate of drug-likeness (QED) is 0.652. The maximum Gasteiger partial charge on any atom is 0.242 e. The fourth-order valence-corrected chi connectivity index (χ4v) is 2.57. The van der Waals surface area contributed by atoms with Crippen molar-refractivity contribution in [3.8, 4) is 0 Å². The van der Waals surface area contributed by atoms with Crippen molar-refractivity contribution in [2.75, 3.05) is 25.0 Å². The Balaban J connectivity index is 2.87. The average Bonchev–Trinajstić information content (AvgIpc) is 2.42. The van der Waals surface area contributed by atoms with Crippen molar-refractivity contribution in [1.82, 2.24) is 4.90 Å². The summed E-state index contributed by atoms with van der Waals surface area (Å²) in [6, 6.07) is 1.93. The normalized spacial score (nSPS) is 10.3. The molecule has 0 bridgehead atoms. The zero-order valence-corrected chi connectivity index (χ0v) is 14.7. The van der Waals surface area contributed by atoms with Crippen LogP contribution in [0.15, 0.2) is 10.5 Å². The van der Waals surface area contributed by atoms with Crippen molar-refractivity contribution in [2.24, 2.45) is 0 Å². The van der Waals surface area contributed by atoms with Crippen LogP contribution in [0.25, 0.3) is 0 Å². The van der Waals surface area contributed by atoms with Crippen LogP contribution in [0.3, 0.4) is 0 Å². The highest BCUT2D eigenvalue weighted by Crippen LogP contribution is 2.30. The lowest BCUT2D eigenvalue weighted by atomic mass is 10.1. The van der Waals surface area contributed by atoms with E-state index < -0.39 is 30.9 Å². The smallest absolute Gasteiger partial charge is 0.242 e. The molecule has 0 unspecified atom stereocenters. The van der Waals surface area contributed by atoms with Gasteiger partial charge in [0.1, 0.15) is 0 Å². The topological polar surface area (TPSA) is 113 Å². The summed E-state index contributed by atoms with van der Waals surface area (Å²) in [7, 11) is 0. The van der Waals surface area contributed by atoms with Gasteiger partial charge in [-0.2, -0.15) is 0 Å². The van der Waals surface area contributed by atoms with Gasteiger partial charge in [-0.05, 0) is 37.5 Å². The van der Waals surface area contributed by atoms with Gasteiger partial charge >= 0.3 is 0 Å². The number of rotatable bonds is 7. The minimum Gasteiger partial charge on any atom is -0.548 e. The van der Waals surface area contributed by atoms with Gasteiger partial charge in [0.25, 0.3) is 0 Å². The molecule has 0 heterocycles. The van der Waals surface area contributed by atoms with E-state index in [0.29, 0.717) is 4.90 Å². The maximum absolute atomic E-state index is 12.0. The molecule has 0 saturated carbocycles. The molecule has 1 rings (SSSR count). The first-order chi connectivity index (χ1) is 10.6. The number of hydrogen-bond donors (Lipinski definition) is 1. The Morgan fingerprint density at radius 3 is 2.09 bits per heavy atom. The van der Waals surface area contributed by atoms with Crippen molar-refractivity contribution in [3.05, 3.63) is 27.2 Å². The molecule has 1 amide bonds. The van der Waals surface area contributed by atoms with Crippen LogP contribution < -0.4 is 15.5 Å². The highest BCUT2D eigenvalue weighted by Gasteiger charge is 2.15. The molecular formula is C15H17BrN2O5-2. The zero-order chi connectivity index (χ0) is 17.7. The van der Waals surface area contributed by atoms with E-state index >= 15 is 0 Å². The predicted octanol–water partition coefficient (Wildman–Crippen LogP) is -0.885. The Morgan fingerprint density at radius 1 is 1.09 bits per heavy atom. The lowest BCUT2D eigenvalue weighted by molar-refractivity contribution is -0.309. The number of nitrogens with one attached hydrogen (secondary N) is 1. The molecule has 7 nitrogen and oxygen atoms in total. The molecule has 8 heteroatoms.